The van der Waals surface area contributed by atoms with Crippen molar-refractivity contribution in [3.8, 4) is 5.95 Å². The predicted octanol–water partition coefficient (Wildman–Crippen LogP) is 1.82. The lowest BCUT2D eigenvalue weighted by molar-refractivity contribution is 0.0729. The average Bonchev–Trinajstić information content (AvgIpc) is 3.44. The van der Waals surface area contributed by atoms with Gasteiger partial charge in [0.15, 0.2) is 17.0 Å². The molecule has 0 radical (unpaired) electrons. The zero-order chi connectivity index (χ0) is 24.5. The van der Waals surface area contributed by atoms with Gasteiger partial charge >= 0.3 is 0 Å². The number of morpholine rings is 1. The molecule has 3 aromatic heterocycles. The van der Waals surface area contributed by atoms with Gasteiger partial charge < -0.3 is 23.8 Å². The second-order valence-corrected chi connectivity index (χ2v) is 8.54. The number of imidazole rings is 2. The third-order valence-electron chi connectivity index (χ3n) is 6.31. The highest BCUT2D eigenvalue weighted by Gasteiger charge is 2.27. The molecular weight excluding hydrogens is 448 g/mol. The summed E-state index contributed by atoms with van der Waals surface area (Å²) in [7, 11) is 5.18. The van der Waals surface area contributed by atoms with E-state index in [-0.39, 0.29) is 5.91 Å². The van der Waals surface area contributed by atoms with Crippen molar-refractivity contribution in [2.24, 2.45) is 7.05 Å². The van der Waals surface area contributed by atoms with E-state index in [1.807, 2.05) is 35.9 Å². The molecular formula is C24H30N8O3. The number of nitrogens with zero attached hydrogens (tertiary/aromatic N) is 8. The van der Waals surface area contributed by atoms with Gasteiger partial charge in [0.25, 0.3) is 5.91 Å². The monoisotopic (exact) mass is 478 g/mol. The maximum atomic E-state index is 13.2. The Labute approximate surface area is 203 Å². The molecule has 1 saturated heterocycles. The van der Waals surface area contributed by atoms with Crippen LogP contribution < -0.4 is 4.90 Å². The molecule has 0 spiro atoms. The topological polar surface area (TPSA) is 103 Å². The molecule has 184 valence electrons. The highest BCUT2D eigenvalue weighted by molar-refractivity contribution is 5.96. The summed E-state index contributed by atoms with van der Waals surface area (Å²) in [6.45, 7) is 5.56. The van der Waals surface area contributed by atoms with Gasteiger partial charge in [-0.3, -0.25) is 9.36 Å². The molecule has 1 amide bonds. The molecule has 1 aliphatic heterocycles. The first-order valence-electron chi connectivity index (χ1n) is 11.8. The van der Waals surface area contributed by atoms with Crippen molar-refractivity contribution >= 4 is 33.9 Å². The van der Waals surface area contributed by atoms with Crippen LogP contribution in [0.5, 0.6) is 0 Å². The minimum atomic E-state index is -0.195. The zero-order valence-electron chi connectivity index (χ0n) is 20.6. The number of para-hydroxylation sites is 2. The molecule has 0 aliphatic carbocycles. The molecule has 1 fully saturated rings. The fourth-order valence-corrected chi connectivity index (χ4v) is 4.36. The van der Waals surface area contributed by atoms with E-state index >= 15 is 0 Å². The van der Waals surface area contributed by atoms with Crippen LogP contribution in [0.3, 0.4) is 0 Å². The van der Waals surface area contributed by atoms with Gasteiger partial charge in [0.05, 0.1) is 30.9 Å². The third-order valence-corrected chi connectivity index (χ3v) is 6.31. The summed E-state index contributed by atoms with van der Waals surface area (Å²) in [6, 6.07) is 7.97. The van der Waals surface area contributed by atoms with Crippen molar-refractivity contribution in [3.05, 3.63) is 35.9 Å². The Bertz CT molecular complexity index is 1370. The Morgan fingerprint density at radius 2 is 1.91 bits per heavy atom. The normalized spacial score (nSPS) is 14.2. The maximum Gasteiger partial charge on any atom is 0.289 e. The van der Waals surface area contributed by atoms with Gasteiger partial charge in [0, 0.05) is 47.3 Å². The second kappa shape index (κ2) is 9.59. The number of aryl methyl sites for hydroxylation is 2. The minimum Gasteiger partial charge on any atom is -0.383 e. The third kappa shape index (κ3) is 4.10. The SMILES string of the molecule is CCc1nc2ccccc2n1-c1nc(N2CCOCC2)c2nc(C(=O)N(C)CCOC)n(C)c2n1. The number of aromatic nitrogens is 6. The van der Waals surface area contributed by atoms with Crippen LogP contribution in [0.2, 0.25) is 0 Å². The van der Waals surface area contributed by atoms with Crippen molar-refractivity contribution in [3.63, 3.8) is 0 Å². The van der Waals surface area contributed by atoms with Gasteiger partial charge in [-0.05, 0) is 12.1 Å². The molecule has 4 aromatic rings. The van der Waals surface area contributed by atoms with E-state index in [1.54, 1.807) is 23.6 Å². The number of carbonyl (C=O) groups is 1. The molecule has 1 aliphatic rings. The number of anilines is 1. The largest absolute Gasteiger partial charge is 0.383 e. The van der Waals surface area contributed by atoms with Gasteiger partial charge in [-0.1, -0.05) is 19.1 Å². The Hall–Kier alpha value is -3.57. The first-order valence-corrected chi connectivity index (χ1v) is 11.8. The van der Waals surface area contributed by atoms with Crippen LogP contribution in [0.1, 0.15) is 23.4 Å². The number of hydrogen-bond acceptors (Lipinski definition) is 8. The molecule has 11 nitrogen and oxygen atoms in total. The summed E-state index contributed by atoms with van der Waals surface area (Å²) < 4.78 is 14.4. The van der Waals surface area contributed by atoms with Gasteiger partial charge in [0.1, 0.15) is 5.82 Å². The Morgan fingerprint density at radius 3 is 2.66 bits per heavy atom. The molecule has 5 rings (SSSR count). The van der Waals surface area contributed by atoms with Crippen LogP contribution >= 0.6 is 0 Å². The molecule has 0 atom stereocenters. The molecule has 0 unspecified atom stereocenters. The number of likely N-dealkylation sites (N-methyl/N-ethyl adjacent to an activating group) is 1. The Balaban J connectivity index is 1.71. The molecule has 1 aromatic carbocycles. The number of benzene rings is 1. The highest BCUT2D eigenvalue weighted by Crippen LogP contribution is 2.28. The van der Waals surface area contributed by atoms with Crippen molar-refractivity contribution in [1.82, 2.24) is 34.0 Å². The van der Waals surface area contributed by atoms with Gasteiger partial charge in [-0.25, -0.2) is 9.97 Å². The molecule has 0 N–H and O–H groups in total. The van der Waals surface area contributed by atoms with E-state index in [2.05, 4.69) is 11.8 Å². The van der Waals surface area contributed by atoms with Crippen molar-refractivity contribution in [1.29, 1.82) is 0 Å². The van der Waals surface area contributed by atoms with Crippen LogP contribution in [-0.4, -0.2) is 93.5 Å². The summed E-state index contributed by atoms with van der Waals surface area (Å²) in [5.41, 5.74) is 3.03. The number of ether oxygens (including phenoxy) is 2. The van der Waals surface area contributed by atoms with Crippen molar-refractivity contribution < 1.29 is 14.3 Å². The molecule has 4 heterocycles. The quantitative estimate of drug-likeness (QED) is 0.396. The highest BCUT2D eigenvalue weighted by atomic mass is 16.5. The Morgan fingerprint density at radius 1 is 1.14 bits per heavy atom. The predicted molar refractivity (Wildman–Crippen MR) is 132 cm³/mol. The lowest BCUT2D eigenvalue weighted by Crippen LogP contribution is -2.37. The fourth-order valence-electron chi connectivity index (χ4n) is 4.36. The van der Waals surface area contributed by atoms with Crippen LogP contribution in [-0.2, 0) is 22.9 Å². The number of hydrogen-bond donors (Lipinski definition) is 0. The number of fused-ring (bicyclic) bond motifs is 2. The summed E-state index contributed by atoms with van der Waals surface area (Å²) in [4.78, 5) is 36.4. The van der Waals surface area contributed by atoms with Crippen LogP contribution in [0.4, 0.5) is 5.82 Å². The average molecular weight is 479 g/mol. The van der Waals surface area contributed by atoms with E-state index in [4.69, 9.17) is 29.4 Å². The van der Waals surface area contributed by atoms with E-state index in [1.165, 1.54) is 0 Å². The maximum absolute atomic E-state index is 13.2. The van der Waals surface area contributed by atoms with Gasteiger partial charge in [-0.2, -0.15) is 9.97 Å². The van der Waals surface area contributed by atoms with Crippen LogP contribution in [0.25, 0.3) is 28.1 Å². The standard InChI is InChI=1S/C24H30N8O3/c1-5-18-25-16-8-6-7-9-17(16)32(18)24-27-20-19(21(28-24)31-11-14-35-15-12-31)26-22(30(20)3)23(33)29(2)10-13-34-4/h6-9H,5,10-15H2,1-4H3. The van der Waals surface area contributed by atoms with E-state index in [9.17, 15) is 4.79 Å². The number of carbonyl (C=O) groups excluding carboxylic acids is 1. The Kier molecular flexibility index (Phi) is 6.35. The van der Waals surface area contributed by atoms with E-state index in [0.29, 0.717) is 68.2 Å². The first-order chi connectivity index (χ1) is 17.0. The summed E-state index contributed by atoms with van der Waals surface area (Å²) in [5.74, 6) is 2.20. The molecule has 11 heteroatoms. The fraction of sp³-hybridized carbons (Fsp3) is 0.458. The van der Waals surface area contributed by atoms with E-state index in [0.717, 1.165) is 23.3 Å². The van der Waals surface area contributed by atoms with Gasteiger partial charge in [0.2, 0.25) is 11.8 Å². The van der Waals surface area contributed by atoms with E-state index < -0.39 is 0 Å². The molecule has 0 saturated carbocycles. The number of amides is 1. The second-order valence-electron chi connectivity index (χ2n) is 8.54. The minimum absolute atomic E-state index is 0.195. The van der Waals surface area contributed by atoms with Gasteiger partial charge in [-0.15, -0.1) is 0 Å². The van der Waals surface area contributed by atoms with Crippen molar-refractivity contribution in [2.75, 3.05) is 58.5 Å². The molecule has 0 bridgehead atoms. The zero-order valence-corrected chi connectivity index (χ0v) is 20.6. The first kappa shape index (κ1) is 23.2. The van der Waals surface area contributed by atoms with Crippen LogP contribution in [0, 0.1) is 0 Å². The summed E-state index contributed by atoms with van der Waals surface area (Å²) >= 11 is 0. The van der Waals surface area contributed by atoms with Crippen molar-refractivity contribution in [2.45, 2.75) is 13.3 Å². The van der Waals surface area contributed by atoms with Crippen LogP contribution in [0.15, 0.2) is 24.3 Å². The smallest absolute Gasteiger partial charge is 0.289 e. The summed E-state index contributed by atoms with van der Waals surface area (Å²) in [5, 5.41) is 0. The number of methoxy groups -OCH3 is 1. The number of rotatable bonds is 7. The molecule has 35 heavy (non-hydrogen) atoms. The lowest BCUT2D eigenvalue weighted by atomic mass is 10.3. The summed E-state index contributed by atoms with van der Waals surface area (Å²) in [6.07, 6.45) is 0.725. The lowest BCUT2D eigenvalue weighted by Gasteiger charge is -2.28.